The number of hydrogen-bond donors (Lipinski definition) is 1. The summed E-state index contributed by atoms with van der Waals surface area (Å²) < 4.78 is 1.99. The van der Waals surface area contributed by atoms with Crippen LogP contribution in [0.25, 0.3) is 0 Å². The van der Waals surface area contributed by atoms with E-state index in [0.29, 0.717) is 11.5 Å². The highest BCUT2D eigenvalue weighted by molar-refractivity contribution is 5.03. The minimum absolute atomic E-state index is 0.244. The first-order valence-electron chi connectivity index (χ1n) is 8.21. The molecule has 4 heteroatoms. The van der Waals surface area contributed by atoms with E-state index in [1.165, 1.54) is 12.1 Å². The van der Waals surface area contributed by atoms with Crippen LogP contribution in [-0.2, 0) is 13.5 Å². The van der Waals surface area contributed by atoms with Crippen LogP contribution in [0.2, 0.25) is 0 Å². The van der Waals surface area contributed by atoms with Crippen LogP contribution in [0.15, 0.2) is 12.3 Å². The maximum atomic E-state index is 4.28. The van der Waals surface area contributed by atoms with Crippen LogP contribution in [-0.4, -0.2) is 45.9 Å². The molecule has 0 spiro atoms. The van der Waals surface area contributed by atoms with Crippen molar-refractivity contribution in [1.29, 1.82) is 0 Å². The van der Waals surface area contributed by atoms with Crippen LogP contribution in [0.3, 0.4) is 0 Å². The fraction of sp³-hybridized carbons (Fsp3) is 0.824. The smallest absolute Gasteiger partial charge is 0.0492 e. The van der Waals surface area contributed by atoms with E-state index in [9.17, 15) is 0 Å². The second-order valence-corrected chi connectivity index (χ2v) is 7.84. The Morgan fingerprint density at radius 1 is 1.43 bits per heavy atom. The number of piperazine rings is 1. The van der Waals surface area contributed by atoms with Crippen LogP contribution in [0.1, 0.15) is 46.7 Å². The quantitative estimate of drug-likeness (QED) is 0.925. The summed E-state index contributed by atoms with van der Waals surface area (Å²) in [6.45, 7) is 15.0. The Morgan fingerprint density at radius 2 is 2.14 bits per heavy atom. The standard InChI is InChI=1S/C17H32N4/c1-7-17(5)13-21(15(12-18-17)16(2,3)4)11-9-14-8-10-19-20(14)6/h8,10,15,18H,7,9,11-13H2,1-6H3. The Morgan fingerprint density at radius 3 is 2.67 bits per heavy atom. The first-order valence-corrected chi connectivity index (χ1v) is 8.21. The van der Waals surface area contributed by atoms with Gasteiger partial charge in [-0.05, 0) is 24.8 Å². The van der Waals surface area contributed by atoms with E-state index in [1.54, 1.807) is 0 Å². The molecule has 1 aromatic heterocycles. The fourth-order valence-electron chi connectivity index (χ4n) is 3.32. The molecule has 0 radical (unpaired) electrons. The van der Waals surface area contributed by atoms with Crippen molar-refractivity contribution in [2.24, 2.45) is 12.5 Å². The van der Waals surface area contributed by atoms with E-state index < -0.39 is 0 Å². The highest BCUT2D eigenvalue weighted by Gasteiger charge is 2.39. The predicted octanol–water partition coefficient (Wildman–Crippen LogP) is 2.45. The lowest BCUT2D eigenvalue weighted by Crippen LogP contribution is -2.65. The summed E-state index contributed by atoms with van der Waals surface area (Å²) >= 11 is 0. The minimum Gasteiger partial charge on any atom is -0.309 e. The average Bonchev–Trinajstić information content (AvgIpc) is 2.80. The molecular weight excluding hydrogens is 260 g/mol. The predicted molar refractivity (Wildman–Crippen MR) is 88.4 cm³/mol. The minimum atomic E-state index is 0.244. The zero-order valence-electron chi connectivity index (χ0n) is 14.6. The third-order valence-corrected chi connectivity index (χ3v) is 5.07. The van der Waals surface area contributed by atoms with Gasteiger partial charge in [0.1, 0.15) is 0 Å². The van der Waals surface area contributed by atoms with Crippen molar-refractivity contribution >= 4 is 0 Å². The van der Waals surface area contributed by atoms with Gasteiger partial charge in [0.2, 0.25) is 0 Å². The number of nitrogens with zero attached hydrogens (tertiary/aromatic N) is 3. The molecule has 0 aliphatic carbocycles. The lowest BCUT2D eigenvalue weighted by atomic mass is 9.81. The van der Waals surface area contributed by atoms with Crippen molar-refractivity contribution in [3.05, 3.63) is 18.0 Å². The Hall–Kier alpha value is -0.870. The van der Waals surface area contributed by atoms with Crippen molar-refractivity contribution < 1.29 is 0 Å². The van der Waals surface area contributed by atoms with Crippen molar-refractivity contribution in [2.75, 3.05) is 19.6 Å². The van der Waals surface area contributed by atoms with Gasteiger partial charge in [0, 0.05) is 56.6 Å². The van der Waals surface area contributed by atoms with Gasteiger partial charge in [-0.25, -0.2) is 0 Å². The highest BCUT2D eigenvalue weighted by atomic mass is 15.3. The van der Waals surface area contributed by atoms with E-state index in [1.807, 2.05) is 17.9 Å². The SMILES string of the molecule is CCC1(C)CN(CCc2ccnn2C)C(C(C)(C)C)CN1. The zero-order valence-corrected chi connectivity index (χ0v) is 14.6. The van der Waals surface area contributed by atoms with Gasteiger partial charge in [0.25, 0.3) is 0 Å². The maximum Gasteiger partial charge on any atom is 0.0492 e. The molecule has 0 saturated carbocycles. The number of rotatable bonds is 4. The maximum absolute atomic E-state index is 4.28. The topological polar surface area (TPSA) is 33.1 Å². The molecule has 1 aromatic rings. The number of aryl methyl sites for hydroxylation is 1. The molecule has 1 fully saturated rings. The van der Waals surface area contributed by atoms with Crippen molar-refractivity contribution in [3.8, 4) is 0 Å². The second kappa shape index (κ2) is 6.09. The molecule has 1 aliphatic rings. The van der Waals surface area contributed by atoms with Gasteiger partial charge < -0.3 is 5.32 Å². The molecular formula is C17H32N4. The molecule has 1 N–H and O–H groups in total. The number of hydrogen-bond acceptors (Lipinski definition) is 3. The summed E-state index contributed by atoms with van der Waals surface area (Å²) in [5, 5.41) is 8.06. The van der Waals surface area contributed by atoms with Crippen LogP contribution < -0.4 is 5.32 Å². The van der Waals surface area contributed by atoms with E-state index in [0.717, 1.165) is 26.1 Å². The van der Waals surface area contributed by atoms with Crippen LogP contribution >= 0.6 is 0 Å². The van der Waals surface area contributed by atoms with Gasteiger partial charge in [0.15, 0.2) is 0 Å². The Bertz CT molecular complexity index is 460. The third-order valence-electron chi connectivity index (χ3n) is 5.07. The Kier molecular flexibility index (Phi) is 4.79. The summed E-state index contributed by atoms with van der Waals surface area (Å²) in [7, 11) is 2.03. The lowest BCUT2D eigenvalue weighted by Gasteiger charge is -2.50. The summed E-state index contributed by atoms with van der Waals surface area (Å²) in [5.74, 6) is 0. The van der Waals surface area contributed by atoms with E-state index in [4.69, 9.17) is 0 Å². The molecule has 0 bridgehead atoms. The van der Waals surface area contributed by atoms with E-state index in [2.05, 4.69) is 56.0 Å². The van der Waals surface area contributed by atoms with Gasteiger partial charge in [-0.3, -0.25) is 9.58 Å². The largest absolute Gasteiger partial charge is 0.309 e. The van der Waals surface area contributed by atoms with Crippen LogP contribution in [0, 0.1) is 5.41 Å². The summed E-state index contributed by atoms with van der Waals surface area (Å²) in [5.41, 5.74) is 1.86. The monoisotopic (exact) mass is 292 g/mol. The molecule has 0 amide bonds. The molecule has 1 aliphatic heterocycles. The van der Waals surface area contributed by atoms with Crippen molar-refractivity contribution in [2.45, 2.75) is 59.0 Å². The van der Waals surface area contributed by atoms with Gasteiger partial charge in [-0.1, -0.05) is 27.7 Å². The lowest BCUT2D eigenvalue weighted by molar-refractivity contribution is 0.0269. The summed E-state index contributed by atoms with van der Waals surface area (Å²) in [6, 6.07) is 2.72. The fourth-order valence-corrected chi connectivity index (χ4v) is 3.32. The van der Waals surface area contributed by atoms with E-state index in [-0.39, 0.29) is 5.54 Å². The molecule has 0 aromatic carbocycles. The first-order chi connectivity index (χ1) is 9.75. The van der Waals surface area contributed by atoms with Gasteiger partial charge >= 0.3 is 0 Å². The molecule has 1 saturated heterocycles. The van der Waals surface area contributed by atoms with Gasteiger partial charge in [-0.2, -0.15) is 5.10 Å². The van der Waals surface area contributed by atoms with Crippen molar-refractivity contribution in [3.63, 3.8) is 0 Å². The average molecular weight is 292 g/mol. The van der Waals surface area contributed by atoms with Gasteiger partial charge in [-0.15, -0.1) is 0 Å². The Labute approximate surface area is 129 Å². The normalized spacial score (nSPS) is 28.0. The number of nitrogens with one attached hydrogen (secondary N) is 1. The zero-order chi connectivity index (χ0) is 15.7. The molecule has 2 atom stereocenters. The molecule has 2 unspecified atom stereocenters. The second-order valence-electron chi connectivity index (χ2n) is 7.84. The molecule has 4 nitrogen and oxygen atoms in total. The molecule has 120 valence electrons. The Balaban J connectivity index is 2.08. The van der Waals surface area contributed by atoms with Crippen molar-refractivity contribution in [1.82, 2.24) is 20.0 Å². The summed E-state index contributed by atoms with van der Waals surface area (Å²) in [6.07, 6.45) is 4.14. The van der Waals surface area contributed by atoms with Crippen LogP contribution in [0.4, 0.5) is 0 Å². The summed E-state index contributed by atoms with van der Waals surface area (Å²) in [4.78, 5) is 2.69. The molecule has 21 heavy (non-hydrogen) atoms. The number of aromatic nitrogens is 2. The van der Waals surface area contributed by atoms with Crippen LogP contribution in [0.5, 0.6) is 0 Å². The van der Waals surface area contributed by atoms with E-state index >= 15 is 0 Å². The third kappa shape index (κ3) is 3.86. The molecule has 2 heterocycles. The van der Waals surface area contributed by atoms with Gasteiger partial charge in [0.05, 0.1) is 0 Å². The molecule has 2 rings (SSSR count). The first kappa shape index (κ1) is 16.5. The highest BCUT2D eigenvalue weighted by Crippen LogP contribution is 2.30.